The monoisotopic (exact) mass is 418 g/mol. The summed E-state index contributed by atoms with van der Waals surface area (Å²) in [5.74, 6) is -1.04. The number of likely N-dealkylation sites (N-methyl/N-ethyl adjacent to an activating group) is 1. The highest BCUT2D eigenvalue weighted by Crippen LogP contribution is 2.39. The number of nitrogens with zero attached hydrogens (tertiary/aromatic N) is 1. The van der Waals surface area contributed by atoms with Crippen LogP contribution in [0.2, 0.25) is 0 Å². The van der Waals surface area contributed by atoms with Crippen LogP contribution in [0.15, 0.2) is 47.4 Å². The lowest BCUT2D eigenvalue weighted by Gasteiger charge is -2.19. The highest BCUT2D eigenvalue weighted by Gasteiger charge is 2.36. The molecule has 28 heavy (non-hydrogen) atoms. The van der Waals surface area contributed by atoms with Gasteiger partial charge in [-0.25, -0.2) is 12.8 Å². The topological polar surface area (TPSA) is 58.6 Å². The molecule has 0 aliphatic carbocycles. The number of hydrogen-bond acceptors (Lipinski definition) is 4. The minimum Gasteiger partial charge on any atom is -0.488 e. The summed E-state index contributed by atoms with van der Waals surface area (Å²) in [5, 5.41) is 0. The molecule has 10 heteroatoms. The van der Waals surface area contributed by atoms with Crippen molar-refractivity contribution in [1.29, 1.82) is 0 Å². The van der Waals surface area contributed by atoms with Gasteiger partial charge in [-0.2, -0.15) is 13.2 Å². The average Bonchev–Trinajstić information content (AvgIpc) is 2.99. The summed E-state index contributed by atoms with van der Waals surface area (Å²) >= 11 is 0. The van der Waals surface area contributed by atoms with Crippen LogP contribution >= 0.6 is 0 Å². The molecule has 1 aliphatic heterocycles. The third-order valence-electron chi connectivity index (χ3n) is 4.30. The average molecular weight is 418 g/mol. The third kappa shape index (κ3) is 4.74. The Bertz CT molecular complexity index is 946. The number of halogens is 4. The number of sulfonamides is 1. The predicted octanol–water partition coefficient (Wildman–Crippen LogP) is 3.73. The predicted molar refractivity (Wildman–Crippen MR) is 95.2 cm³/mol. The zero-order chi connectivity index (χ0) is 20.5. The Morgan fingerprint density at radius 2 is 1.82 bits per heavy atom. The molecule has 3 rings (SSSR count). The normalized spacial score (nSPS) is 18.2. The molecule has 2 aromatic carbocycles. The van der Waals surface area contributed by atoms with Gasteiger partial charge in [-0.05, 0) is 49.9 Å². The molecule has 0 saturated carbocycles. The fraction of sp³-hybridized carbons (Fsp3) is 0.333. The quantitative estimate of drug-likeness (QED) is 0.752. The first-order valence-corrected chi connectivity index (χ1v) is 9.88. The summed E-state index contributed by atoms with van der Waals surface area (Å²) in [5.41, 5.74) is -1.06. The standard InChI is InChI=1S/C18H18F4N2O3S/c1-24-9-8-14(11-24)27-17-10-13(4-7-16(17)18(20,21)22)23-28(25,26)15-5-2-12(19)3-6-15/h2-7,10,14,23H,8-9,11H2,1H3. The molecule has 5 nitrogen and oxygen atoms in total. The maximum Gasteiger partial charge on any atom is 0.419 e. The number of nitrogens with one attached hydrogen (secondary N) is 1. The van der Waals surface area contributed by atoms with Crippen molar-refractivity contribution < 1.29 is 30.7 Å². The second kappa shape index (κ2) is 7.59. The molecule has 1 unspecified atom stereocenters. The van der Waals surface area contributed by atoms with Crippen LogP contribution < -0.4 is 9.46 Å². The Balaban J connectivity index is 1.89. The lowest BCUT2D eigenvalue weighted by molar-refractivity contribution is -0.139. The fourth-order valence-electron chi connectivity index (χ4n) is 2.92. The van der Waals surface area contributed by atoms with E-state index >= 15 is 0 Å². The van der Waals surface area contributed by atoms with E-state index in [2.05, 4.69) is 4.72 Å². The Morgan fingerprint density at radius 3 is 2.39 bits per heavy atom. The van der Waals surface area contributed by atoms with E-state index in [1.807, 2.05) is 11.9 Å². The molecule has 1 fully saturated rings. The lowest BCUT2D eigenvalue weighted by atomic mass is 10.1. The van der Waals surface area contributed by atoms with Crippen LogP contribution in [0.3, 0.4) is 0 Å². The van der Waals surface area contributed by atoms with E-state index in [4.69, 9.17) is 4.74 Å². The molecule has 0 aromatic heterocycles. The van der Waals surface area contributed by atoms with Crippen molar-refractivity contribution in [2.24, 2.45) is 0 Å². The highest BCUT2D eigenvalue weighted by molar-refractivity contribution is 7.92. The molecule has 0 bridgehead atoms. The molecule has 1 aliphatic rings. The Hall–Kier alpha value is -2.33. The molecule has 152 valence electrons. The first-order valence-electron chi connectivity index (χ1n) is 8.39. The van der Waals surface area contributed by atoms with Crippen LogP contribution in [-0.2, 0) is 16.2 Å². The number of benzene rings is 2. The molecule has 1 heterocycles. The van der Waals surface area contributed by atoms with Gasteiger partial charge in [0.15, 0.2) is 0 Å². The fourth-order valence-corrected chi connectivity index (χ4v) is 3.97. The van der Waals surface area contributed by atoms with E-state index in [1.165, 1.54) is 0 Å². The van der Waals surface area contributed by atoms with Gasteiger partial charge in [0, 0.05) is 19.2 Å². The number of anilines is 1. The highest BCUT2D eigenvalue weighted by atomic mass is 32.2. The van der Waals surface area contributed by atoms with Crippen LogP contribution in [0.4, 0.5) is 23.2 Å². The van der Waals surface area contributed by atoms with E-state index in [1.54, 1.807) is 0 Å². The van der Waals surface area contributed by atoms with Gasteiger partial charge in [0.25, 0.3) is 10.0 Å². The molecule has 0 spiro atoms. The van der Waals surface area contributed by atoms with Gasteiger partial charge >= 0.3 is 6.18 Å². The Kier molecular flexibility index (Phi) is 5.53. The minimum atomic E-state index is -4.64. The van der Waals surface area contributed by atoms with Crippen molar-refractivity contribution in [2.45, 2.75) is 23.6 Å². The number of likely N-dealkylation sites (tertiary alicyclic amines) is 1. The number of alkyl halides is 3. The Labute approximate surface area is 160 Å². The van der Waals surface area contributed by atoms with Crippen LogP contribution in [-0.4, -0.2) is 39.6 Å². The van der Waals surface area contributed by atoms with E-state index in [9.17, 15) is 26.0 Å². The van der Waals surface area contributed by atoms with Crippen molar-refractivity contribution in [3.05, 3.63) is 53.8 Å². The molecule has 0 radical (unpaired) electrons. The van der Waals surface area contributed by atoms with Gasteiger partial charge < -0.3 is 9.64 Å². The van der Waals surface area contributed by atoms with Gasteiger partial charge in [-0.3, -0.25) is 4.72 Å². The molecular weight excluding hydrogens is 400 g/mol. The number of rotatable bonds is 5. The summed E-state index contributed by atoms with van der Waals surface area (Å²) in [4.78, 5) is 1.72. The summed E-state index contributed by atoms with van der Waals surface area (Å²) in [7, 11) is -2.26. The molecule has 2 aromatic rings. The van der Waals surface area contributed by atoms with Crippen molar-refractivity contribution >= 4 is 15.7 Å². The first kappa shape index (κ1) is 20.4. The number of hydrogen-bond donors (Lipinski definition) is 1. The van der Waals surface area contributed by atoms with E-state index in [0.29, 0.717) is 19.5 Å². The van der Waals surface area contributed by atoms with Gasteiger partial charge in [0.1, 0.15) is 17.7 Å². The number of ether oxygens (including phenoxy) is 1. The van der Waals surface area contributed by atoms with Gasteiger partial charge in [-0.15, -0.1) is 0 Å². The molecule has 1 saturated heterocycles. The van der Waals surface area contributed by atoms with Gasteiger partial charge in [0.2, 0.25) is 0 Å². The largest absolute Gasteiger partial charge is 0.488 e. The van der Waals surface area contributed by atoms with Gasteiger partial charge in [-0.1, -0.05) is 0 Å². The van der Waals surface area contributed by atoms with Crippen molar-refractivity contribution in [1.82, 2.24) is 4.90 Å². The second-order valence-corrected chi connectivity index (χ2v) is 8.24. The van der Waals surface area contributed by atoms with Crippen molar-refractivity contribution in [3.63, 3.8) is 0 Å². The van der Waals surface area contributed by atoms with Crippen molar-refractivity contribution in [3.8, 4) is 5.75 Å². The summed E-state index contributed by atoms with van der Waals surface area (Å²) in [6.45, 7) is 1.17. The Morgan fingerprint density at radius 1 is 1.14 bits per heavy atom. The summed E-state index contributed by atoms with van der Waals surface area (Å²) < 4.78 is 85.4. The molecular formula is C18H18F4N2O3S. The zero-order valence-electron chi connectivity index (χ0n) is 14.8. The first-order chi connectivity index (χ1) is 13.0. The van der Waals surface area contributed by atoms with Crippen molar-refractivity contribution in [2.75, 3.05) is 24.9 Å². The summed E-state index contributed by atoms with van der Waals surface area (Å²) in [6, 6.07) is 6.89. The molecule has 1 N–H and O–H groups in total. The van der Waals surface area contributed by atoms with Crippen LogP contribution in [0.25, 0.3) is 0 Å². The zero-order valence-corrected chi connectivity index (χ0v) is 15.6. The maximum atomic E-state index is 13.3. The SMILES string of the molecule is CN1CCC(Oc2cc(NS(=O)(=O)c3ccc(F)cc3)ccc2C(F)(F)F)C1. The smallest absolute Gasteiger partial charge is 0.419 e. The van der Waals surface area contributed by atoms with E-state index < -0.39 is 39.4 Å². The van der Waals surface area contributed by atoms with Crippen LogP contribution in [0.1, 0.15) is 12.0 Å². The van der Waals surface area contributed by atoms with Gasteiger partial charge in [0.05, 0.1) is 16.1 Å². The molecule has 0 amide bonds. The molecule has 1 atom stereocenters. The third-order valence-corrected chi connectivity index (χ3v) is 5.70. The van der Waals surface area contributed by atoms with E-state index in [0.717, 1.165) is 42.5 Å². The van der Waals surface area contributed by atoms with Crippen LogP contribution in [0, 0.1) is 5.82 Å². The van der Waals surface area contributed by atoms with Crippen LogP contribution in [0.5, 0.6) is 5.75 Å². The van der Waals surface area contributed by atoms with E-state index in [-0.39, 0.29) is 10.6 Å². The summed E-state index contributed by atoms with van der Waals surface area (Å²) in [6.07, 6.45) is -4.50. The second-order valence-electron chi connectivity index (χ2n) is 6.56. The minimum absolute atomic E-state index is 0.0846. The lowest BCUT2D eigenvalue weighted by Crippen LogP contribution is -2.23. The maximum absolute atomic E-state index is 13.3.